The summed E-state index contributed by atoms with van der Waals surface area (Å²) in [6, 6.07) is 2.30. The van der Waals surface area contributed by atoms with Crippen LogP contribution in [0.1, 0.15) is 45.4 Å². The van der Waals surface area contributed by atoms with Crippen molar-refractivity contribution in [1.82, 2.24) is 5.32 Å². The zero-order valence-corrected chi connectivity index (χ0v) is 10.8. The minimum atomic E-state index is -0.614. The number of carbonyl (C=O) groups is 1. The molecule has 0 aromatic rings. The van der Waals surface area contributed by atoms with Crippen molar-refractivity contribution in [2.75, 3.05) is 13.7 Å². The summed E-state index contributed by atoms with van der Waals surface area (Å²) in [5.74, 6) is 0.639. The highest BCUT2D eigenvalue weighted by Gasteiger charge is 2.35. The van der Waals surface area contributed by atoms with Crippen LogP contribution in [-0.4, -0.2) is 25.2 Å². The first-order chi connectivity index (χ1) is 8.12. The van der Waals surface area contributed by atoms with Crippen molar-refractivity contribution in [3.8, 4) is 6.07 Å². The van der Waals surface area contributed by atoms with E-state index in [-0.39, 0.29) is 5.91 Å². The fourth-order valence-corrected chi connectivity index (χ4v) is 2.23. The average molecular weight is 238 g/mol. The molecule has 96 valence electrons. The molecule has 17 heavy (non-hydrogen) atoms. The first-order valence-corrected chi connectivity index (χ1v) is 6.33. The standard InChI is InChI=1S/C13H22N2O2/c1-11-5-7-13(10-14,8-6-11)15-12(16)4-3-9-17-2/h11H,3-9H2,1-2H3,(H,15,16). The van der Waals surface area contributed by atoms with E-state index in [1.807, 2.05) is 0 Å². The summed E-state index contributed by atoms with van der Waals surface area (Å²) in [5, 5.41) is 12.2. The smallest absolute Gasteiger partial charge is 0.221 e. The minimum Gasteiger partial charge on any atom is -0.385 e. The number of amides is 1. The summed E-state index contributed by atoms with van der Waals surface area (Å²) in [5.41, 5.74) is -0.614. The number of nitrogens with one attached hydrogen (secondary N) is 1. The van der Waals surface area contributed by atoms with E-state index in [2.05, 4.69) is 18.3 Å². The third kappa shape index (κ3) is 4.35. The monoisotopic (exact) mass is 238 g/mol. The van der Waals surface area contributed by atoms with Gasteiger partial charge in [-0.15, -0.1) is 0 Å². The molecule has 0 spiro atoms. The van der Waals surface area contributed by atoms with Gasteiger partial charge in [0.25, 0.3) is 0 Å². The predicted octanol–water partition coefficient (Wildman–Crippen LogP) is 2.00. The Balaban J connectivity index is 2.41. The van der Waals surface area contributed by atoms with Gasteiger partial charge in [-0.1, -0.05) is 6.92 Å². The Morgan fingerprint density at radius 2 is 2.18 bits per heavy atom. The van der Waals surface area contributed by atoms with Crippen LogP contribution in [0.15, 0.2) is 0 Å². The molecule has 0 aromatic heterocycles. The molecule has 1 aliphatic carbocycles. The van der Waals surface area contributed by atoms with E-state index in [1.54, 1.807) is 7.11 Å². The van der Waals surface area contributed by atoms with Crippen LogP contribution >= 0.6 is 0 Å². The third-order valence-electron chi connectivity index (χ3n) is 3.47. The molecule has 4 nitrogen and oxygen atoms in total. The van der Waals surface area contributed by atoms with Gasteiger partial charge in [0.05, 0.1) is 6.07 Å². The van der Waals surface area contributed by atoms with Crippen LogP contribution in [0.4, 0.5) is 0 Å². The summed E-state index contributed by atoms with van der Waals surface area (Å²) < 4.78 is 4.90. The molecule has 0 bridgehead atoms. The molecule has 1 saturated carbocycles. The van der Waals surface area contributed by atoms with E-state index in [4.69, 9.17) is 4.74 Å². The van der Waals surface area contributed by atoms with E-state index in [0.29, 0.717) is 25.4 Å². The highest BCUT2D eigenvalue weighted by molar-refractivity contribution is 5.77. The number of hydrogen-bond acceptors (Lipinski definition) is 3. The fourth-order valence-electron chi connectivity index (χ4n) is 2.23. The topological polar surface area (TPSA) is 62.1 Å². The van der Waals surface area contributed by atoms with Gasteiger partial charge in [-0.05, 0) is 38.0 Å². The zero-order valence-electron chi connectivity index (χ0n) is 10.8. The summed E-state index contributed by atoms with van der Waals surface area (Å²) in [6.07, 6.45) is 4.74. The highest BCUT2D eigenvalue weighted by atomic mass is 16.5. The number of carbonyl (C=O) groups excluding carboxylic acids is 1. The van der Waals surface area contributed by atoms with Crippen molar-refractivity contribution >= 4 is 5.91 Å². The lowest BCUT2D eigenvalue weighted by atomic mass is 9.78. The van der Waals surface area contributed by atoms with Gasteiger partial charge < -0.3 is 10.1 Å². The molecule has 0 unspecified atom stereocenters. The van der Waals surface area contributed by atoms with E-state index in [1.165, 1.54) is 0 Å². The molecule has 1 rings (SSSR count). The number of nitrogens with zero attached hydrogens (tertiary/aromatic N) is 1. The van der Waals surface area contributed by atoms with Crippen LogP contribution in [0, 0.1) is 17.2 Å². The van der Waals surface area contributed by atoms with Gasteiger partial charge in [0, 0.05) is 20.1 Å². The molecule has 1 amide bonds. The fraction of sp³-hybridized carbons (Fsp3) is 0.846. The molecule has 4 heteroatoms. The van der Waals surface area contributed by atoms with Crippen molar-refractivity contribution in [1.29, 1.82) is 5.26 Å². The predicted molar refractivity (Wildman–Crippen MR) is 65.2 cm³/mol. The first kappa shape index (κ1) is 14.0. The Kier molecular flexibility index (Phi) is 5.43. The van der Waals surface area contributed by atoms with Crippen molar-refractivity contribution in [3.63, 3.8) is 0 Å². The van der Waals surface area contributed by atoms with E-state index in [9.17, 15) is 10.1 Å². The number of rotatable bonds is 5. The van der Waals surface area contributed by atoms with E-state index in [0.717, 1.165) is 25.7 Å². The summed E-state index contributed by atoms with van der Waals surface area (Å²) >= 11 is 0. The van der Waals surface area contributed by atoms with Crippen LogP contribution in [0.25, 0.3) is 0 Å². The number of nitriles is 1. The van der Waals surface area contributed by atoms with Gasteiger partial charge in [-0.2, -0.15) is 5.26 Å². The third-order valence-corrected chi connectivity index (χ3v) is 3.47. The first-order valence-electron chi connectivity index (χ1n) is 6.33. The molecule has 1 aliphatic rings. The largest absolute Gasteiger partial charge is 0.385 e. The molecular formula is C13H22N2O2. The Bertz CT molecular complexity index is 288. The molecule has 0 aromatic carbocycles. The second-order valence-corrected chi connectivity index (χ2v) is 5.02. The highest BCUT2D eigenvalue weighted by Crippen LogP contribution is 2.31. The quantitative estimate of drug-likeness (QED) is 0.745. The lowest BCUT2D eigenvalue weighted by Gasteiger charge is -2.34. The molecule has 0 aliphatic heterocycles. The van der Waals surface area contributed by atoms with Gasteiger partial charge in [-0.25, -0.2) is 0 Å². The van der Waals surface area contributed by atoms with Crippen molar-refractivity contribution in [3.05, 3.63) is 0 Å². The van der Waals surface area contributed by atoms with Crippen LogP contribution in [0.2, 0.25) is 0 Å². The average Bonchev–Trinajstić information content (AvgIpc) is 2.33. The maximum absolute atomic E-state index is 11.7. The SMILES string of the molecule is COCCCC(=O)NC1(C#N)CCC(C)CC1. The Morgan fingerprint density at radius 1 is 1.53 bits per heavy atom. The summed E-state index contributed by atoms with van der Waals surface area (Å²) in [7, 11) is 1.62. The van der Waals surface area contributed by atoms with Gasteiger partial charge in [0.2, 0.25) is 5.91 Å². The second-order valence-electron chi connectivity index (χ2n) is 5.02. The maximum Gasteiger partial charge on any atom is 0.221 e. The second kappa shape index (κ2) is 6.61. The molecular weight excluding hydrogens is 216 g/mol. The zero-order chi connectivity index (χ0) is 12.7. The van der Waals surface area contributed by atoms with Crippen LogP contribution in [0.3, 0.4) is 0 Å². The summed E-state index contributed by atoms with van der Waals surface area (Å²) in [4.78, 5) is 11.7. The molecule has 1 fully saturated rings. The van der Waals surface area contributed by atoms with Gasteiger partial charge in [0.15, 0.2) is 0 Å². The van der Waals surface area contributed by atoms with Crippen molar-refractivity contribution in [2.45, 2.75) is 51.0 Å². The van der Waals surface area contributed by atoms with Crippen LogP contribution in [-0.2, 0) is 9.53 Å². The molecule has 0 heterocycles. The lowest BCUT2D eigenvalue weighted by Crippen LogP contribution is -2.49. The maximum atomic E-state index is 11.7. The van der Waals surface area contributed by atoms with Crippen molar-refractivity contribution in [2.24, 2.45) is 5.92 Å². The van der Waals surface area contributed by atoms with Crippen molar-refractivity contribution < 1.29 is 9.53 Å². The molecule has 0 atom stereocenters. The number of hydrogen-bond donors (Lipinski definition) is 1. The van der Waals surface area contributed by atoms with Crippen LogP contribution < -0.4 is 5.32 Å². The van der Waals surface area contributed by atoms with Gasteiger partial charge >= 0.3 is 0 Å². The Labute approximate surface area is 103 Å². The van der Waals surface area contributed by atoms with Gasteiger partial charge in [0.1, 0.15) is 5.54 Å². The Morgan fingerprint density at radius 3 is 2.71 bits per heavy atom. The molecule has 1 N–H and O–H groups in total. The summed E-state index contributed by atoms with van der Waals surface area (Å²) in [6.45, 7) is 2.78. The molecule has 0 saturated heterocycles. The van der Waals surface area contributed by atoms with Crippen LogP contribution in [0.5, 0.6) is 0 Å². The minimum absolute atomic E-state index is 0.0295. The normalized spacial score (nSPS) is 28.4. The number of ether oxygens (including phenoxy) is 1. The molecule has 0 radical (unpaired) electrons. The Hall–Kier alpha value is -1.08. The van der Waals surface area contributed by atoms with E-state index >= 15 is 0 Å². The lowest BCUT2D eigenvalue weighted by molar-refractivity contribution is -0.123. The number of methoxy groups -OCH3 is 1. The van der Waals surface area contributed by atoms with Gasteiger partial charge in [-0.3, -0.25) is 4.79 Å². The van der Waals surface area contributed by atoms with E-state index < -0.39 is 5.54 Å².